The summed E-state index contributed by atoms with van der Waals surface area (Å²) in [4.78, 5) is 16.9. The Balaban J connectivity index is 0.949. The molecule has 0 radical (unpaired) electrons. The molecule has 0 saturated heterocycles. The summed E-state index contributed by atoms with van der Waals surface area (Å²) < 4.78 is 8.14. The van der Waals surface area contributed by atoms with Gasteiger partial charge in [0.2, 0.25) is 5.95 Å². The molecule has 0 amide bonds. The molecule has 14 aromatic rings. The average molecular weight is 861 g/mol. The highest BCUT2D eigenvalue weighted by Crippen LogP contribution is 2.43. The maximum atomic E-state index is 5.48. The van der Waals surface area contributed by atoms with Crippen LogP contribution in [0.4, 0.5) is 0 Å². The van der Waals surface area contributed by atoms with Crippen molar-refractivity contribution in [3.8, 4) is 56.5 Å². The Labute approximate surface area is 382 Å². The summed E-state index contributed by atoms with van der Waals surface area (Å²) in [5, 5.41) is 5.75. The van der Waals surface area contributed by atoms with Crippen molar-refractivity contribution in [1.82, 2.24) is 28.5 Å². The zero-order valence-electron chi connectivity index (χ0n) is 35.4. The van der Waals surface area contributed by atoms with Crippen LogP contribution < -0.4 is 0 Å². The minimum atomic E-state index is 0.641. The summed E-state index contributed by atoms with van der Waals surface area (Å²) in [6.45, 7) is 0. The minimum Gasteiger partial charge on any atom is -0.309 e. The molecule has 0 fully saturated rings. The fourth-order valence-electron chi connectivity index (χ4n) is 10.1. The number of imidazole rings is 1. The first-order chi connectivity index (χ1) is 32.7. The first kappa shape index (κ1) is 36.8. The number of para-hydroxylation sites is 4. The van der Waals surface area contributed by atoms with Crippen molar-refractivity contribution in [2.45, 2.75) is 0 Å². The Morgan fingerprint density at radius 1 is 0.333 bits per heavy atom. The third kappa shape index (κ3) is 5.57. The Morgan fingerprint density at radius 2 is 0.879 bits per heavy atom. The first-order valence-electron chi connectivity index (χ1n) is 22.2. The highest BCUT2D eigenvalue weighted by molar-refractivity contribution is 7.23. The summed E-state index contributed by atoms with van der Waals surface area (Å²) in [6.07, 6.45) is 0. The molecule has 5 aromatic heterocycles. The van der Waals surface area contributed by atoms with Gasteiger partial charge in [-0.05, 0) is 77.9 Å². The van der Waals surface area contributed by atoms with Crippen molar-refractivity contribution < 1.29 is 0 Å². The van der Waals surface area contributed by atoms with Crippen LogP contribution in [-0.4, -0.2) is 28.5 Å². The van der Waals surface area contributed by atoms with Gasteiger partial charge in [-0.1, -0.05) is 163 Å². The molecule has 0 unspecified atom stereocenters. The molecule has 0 atom stereocenters. The lowest BCUT2D eigenvalue weighted by molar-refractivity contribution is 1.01. The fourth-order valence-corrected chi connectivity index (χ4v) is 11.1. The van der Waals surface area contributed by atoms with Crippen LogP contribution in [0.25, 0.3) is 126 Å². The molecule has 6 nitrogen and oxygen atoms in total. The monoisotopic (exact) mass is 860 g/mol. The van der Waals surface area contributed by atoms with Crippen LogP contribution in [0.5, 0.6) is 0 Å². The van der Waals surface area contributed by atoms with E-state index < -0.39 is 0 Å². The van der Waals surface area contributed by atoms with Crippen LogP contribution in [0.15, 0.2) is 218 Å². The van der Waals surface area contributed by atoms with E-state index in [0.29, 0.717) is 5.95 Å². The smallest absolute Gasteiger partial charge is 0.235 e. The number of benzene rings is 9. The van der Waals surface area contributed by atoms with Crippen LogP contribution in [0.3, 0.4) is 0 Å². The van der Waals surface area contributed by atoms with Gasteiger partial charge in [-0.2, -0.15) is 0 Å². The minimum absolute atomic E-state index is 0.641. The molecule has 0 aliphatic heterocycles. The number of hydrogen-bond donors (Lipinski definition) is 0. The van der Waals surface area contributed by atoms with E-state index >= 15 is 0 Å². The number of hydrogen-bond acceptors (Lipinski definition) is 4. The van der Waals surface area contributed by atoms with E-state index in [1.54, 1.807) is 11.3 Å². The van der Waals surface area contributed by atoms with Gasteiger partial charge in [0.15, 0.2) is 4.96 Å². The zero-order chi connectivity index (χ0) is 43.3. The van der Waals surface area contributed by atoms with Gasteiger partial charge < -0.3 is 4.57 Å². The Morgan fingerprint density at radius 3 is 1.62 bits per heavy atom. The van der Waals surface area contributed by atoms with Gasteiger partial charge in [-0.25, -0.2) is 15.0 Å². The van der Waals surface area contributed by atoms with E-state index in [9.17, 15) is 0 Å². The topological polar surface area (TPSA) is 52.9 Å². The normalized spacial score (nSPS) is 11.9. The molecule has 7 heteroatoms. The van der Waals surface area contributed by atoms with Gasteiger partial charge in [-0.3, -0.25) is 8.97 Å². The largest absolute Gasteiger partial charge is 0.309 e. The summed E-state index contributed by atoms with van der Waals surface area (Å²) in [7, 11) is 0. The molecular weight excluding hydrogens is 825 g/mol. The Hall–Kier alpha value is -8.65. The van der Waals surface area contributed by atoms with E-state index in [2.05, 4.69) is 220 Å². The van der Waals surface area contributed by atoms with Crippen molar-refractivity contribution in [3.05, 3.63) is 218 Å². The molecule has 9 aromatic carbocycles. The third-order valence-electron chi connectivity index (χ3n) is 13.1. The second kappa shape index (κ2) is 14.4. The molecule has 0 saturated carbocycles. The molecule has 0 N–H and O–H groups in total. The lowest BCUT2D eigenvalue weighted by Gasteiger charge is -2.12. The highest BCUT2D eigenvalue weighted by Gasteiger charge is 2.23. The van der Waals surface area contributed by atoms with Gasteiger partial charge in [0.25, 0.3) is 0 Å². The Kier molecular flexibility index (Phi) is 8.05. The highest BCUT2D eigenvalue weighted by atomic mass is 32.1. The Bertz CT molecular complexity index is 4220. The molecule has 0 aliphatic carbocycles. The fraction of sp³-hybridized carbons (Fsp3) is 0. The number of rotatable bonds is 6. The zero-order valence-corrected chi connectivity index (χ0v) is 36.2. The second-order valence-electron chi connectivity index (χ2n) is 16.8. The van der Waals surface area contributed by atoms with Crippen molar-refractivity contribution in [3.63, 3.8) is 0 Å². The molecule has 0 aliphatic rings. The van der Waals surface area contributed by atoms with Crippen LogP contribution in [0, 0.1) is 0 Å². The van der Waals surface area contributed by atoms with Gasteiger partial charge in [-0.15, -0.1) is 0 Å². The van der Waals surface area contributed by atoms with E-state index in [1.165, 1.54) is 32.1 Å². The van der Waals surface area contributed by atoms with Gasteiger partial charge in [0.1, 0.15) is 0 Å². The predicted molar refractivity (Wildman–Crippen MR) is 274 cm³/mol. The standard InChI is InChI=1S/C59H36N6S/c1-4-16-37(17-5-1)55-45-24-10-13-25-48(45)60-58(61-55)64-50-27-15-12-23-44(50)47-35-41(29-32-52(47)64)56-57(38-18-6-2-7-19-38)65-53-36-40(30-33-54(53)66-59(65)62-56)39-28-31-51-46(34-39)43-22-11-14-26-49(43)63(51)42-20-8-3-9-21-42/h1-36H. The average Bonchev–Trinajstić information content (AvgIpc) is 4.13. The molecule has 14 rings (SSSR count). The molecule has 0 bridgehead atoms. The summed E-state index contributed by atoms with van der Waals surface area (Å²) in [5.74, 6) is 0.641. The molecule has 0 spiro atoms. The van der Waals surface area contributed by atoms with E-state index in [1.807, 2.05) is 12.1 Å². The van der Waals surface area contributed by atoms with Crippen molar-refractivity contribution in [2.75, 3.05) is 0 Å². The van der Waals surface area contributed by atoms with Crippen LogP contribution in [0.2, 0.25) is 0 Å². The predicted octanol–water partition coefficient (Wildman–Crippen LogP) is 15.4. The molecule has 308 valence electrons. The maximum absolute atomic E-state index is 5.48. The summed E-state index contributed by atoms with van der Waals surface area (Å²) in [6, 6.07) is 77.8. The summed E-state index contributed by atoms with van der Waals surface area (Å²) >= 11 is 1.73. The van der Waals surface area contributed by atoms with E-state index in [4.69, 9.17) is 15.0 Å². The van der Waals surface area contributed by atoms with Crippen molar-refractivity contribution >= 4 is 81.0 Å². The molecule has 5 heterocycles. The number of fused-ring (bicyclic) bond motifs is 10. The van der Waals surface area contributed by atoms with Gasteiger partial charge in [0, 0.05) is 49.3 Å². The van der Waals surface area contributed by atoms with Crippen LogP contribution in [0.1, 0.15) is 0 Å². The van der Waals surface area contributed by atoms with E-state index in [0.717, 1.165) is 88.2 Å². The maximum Gasteiger partial charge on any atom is 0.235 e. The summed E-state index contributed by atoms with van der Waals surface area (Å²) in [5.41, 5.74) is 16.2. The van der Waals surface area contributed by atoms with Crippen molar-refractivity contribution in [1.29, 1.82) is 0 Å². The SMILES string of the molecule is c1ccc(-c2nc(-n3c4ccccc4c4cc(-c5nc6sc7ccc(-c8ccc9c(c8)c8ccccc8n9-c8ccccc8)cc7n6c5-c5ccccc5)ccc43)nc3ccccc23)cc1. The second-order valence-corrected chi connectivity index (χ2v) is 17.8. The van der Waals surface area contributed by atoms with Crippen LogP contribution in [-0.2, 0) is 0 Å². The number of thiazole rings is 1. The number of nitrogens with zero attached hydrogens (tertiary/aromatic N) is 6. The van der Waals surface area contributed by atoms with Crippen molar-refractivity contribution in [2.24, 2.45) is 0 Å². The molecular formula is C59H36N6S. The van der Waals surface area contributed by atoms with Crippen LogP contribution >= 0.6 is 11.3 Å². The molecule has 66 heavy (non-hydrogen) atoms. The quantitative estimate of drug-likeness (QED) is 0.167. The lowest BCUT2D eigenvalue weighted by atomic mass is 10.0. The lowest BCUT2D eigenvalue weighted by Crippen LogP contribution is -2.03. The number of aromatic nitrogens is 6. The van der Waals surface area contributed by atoms with E-state index in [-0.39, 0.29) is 0 Å². The third-order valence-corrected chi connectivity index (χ3v) is 14.1. The van der Waals surface area contributed by atoms with Gasteiger partial charge in [0.05, 0.1) is 54.9 Å². The van der Waals surface area contributed by atoms with Gasteiger partial charge >= 0.3 is 0 Å². The first-order valence-corrected chi connectivity index (χ1v) is 23.0.